The van der Waals surface area contributed by atoms with Crippen LogP contribution in [0.2, 0.25) is 10.0 Å². The molecule has 1 aliphatic heterocycles. The first-order valence-electron chi connectivity index (χ1n) is 9.96. The van der Waals surface area contributed by atoms with Gasteiger partial charge in [0.15, 0.2) is 0 Å². The minimum Gasteiger partial charge on any atom is -0.373 e. The number of aromatic nitrogens is 1. The van der Waals surface area contributed by atoms with E-state index in [2.05, 4.69) is 10.5 Å². The van der Waals surface area contributed by atoms with Crippen molar-refractivity contribution in [3.63, 3.8) is 0 Å². The monoisotopic (exact) mass is 406 g/mol. The molecule has 6 heteroatoms. The van der Waals surface area contributed by atoms with E-state index in [4.69, 9.17) is 32.5 Å². The standard InChI is InChI=1S/C21H24Cl2N2O2/c22-17-2-1-3-18(23)19(17)20-16(21(27-25-20)12-4-5-12)11-26-15-7-6-13-9-24-10-14(13)8-15/h1-3,12-15,24H,4-11H2/t13-,14?,15+/m0/s1. The molecule has 27 heavy (non-hydrogen) atoms. The average molecular weight is 407 g/mol. The van der Waals surface area contributed by atoms with E-state index >= 15 is 0 Å². The first-order chi connectivity index (χ1) is 13.2. The largest absolute Gasteiger partial charge is 0.373 e. The van der Waals surface area contributed by atoms with Crippen molar-refractivity contribution in [2.45, 2.75) is 50.7 Å². The Morgan fingerprint density at radius 2 is 1.85 bits per heavy atom. The van der Waals surface area contributed by atoms with Crippen molar-refractivity contribution < 1.29 is 9.26 Å². The van der Waals surface area contributed by atoms with Crippen LogP contribution in [0, 0.1) is 11.8 Å². The highest BCUT2D eigenvalue weighted by molar-refractivity contribution is 6.39. The molecule has 0 radical (unpaired) electrons. The topological polar surface area (TPSA) is 47.3 Å². The third-order valence-corrected chi connectivity index (χ3v) is 6.96. The van der Waals surface area contributed by atoms with E-state index in [0.717, 1.165) is 66.6 Å². The summed E-state index contributed by atoms with van der Waals surface area (Å²) in [5.41, 5.74) is 2.52. The Morgan fingerprint density at radius 1 is 1.07 bits per heavy atom. The third-order valence-electron chi connectivity index (χ3n) is 6.33. The lowest BCUT2D eigenvalue weighted by Crippen LogP contribution is -2.28. The van der Waals surface area contributed by atoms with Crippen LogP contribution in [0.15, 0.2) is 22.7 Å². The van der Waals surface area contributed by atoms with Gasteiger partial charge in [-0.15, -0.1) is 0 Å². The van der Waals surface area contributed by atoms with Crippen LogP contribution in [0.1, 0.15) is 49.3 Å². The van der Waals surface area contributed by atoms with Crippen LogP contribution in [0.4, 0.5) is 0 Å². The Labute approximate surface area is 169 Å². The molecule has 2 heterocycles. The van der Waals surface area contributed by atoms with E-state index in [1.165, 1.54) is 13.0 Å². The van der Waals surface area contributed by atoms with Gasteiger partial charge in [0.05, 0.1) is 22.8 Å². The second-order valence-corrected chi connectivity index (χ2v) is 8.98. The van der Waals surface area contributed by atoms with Crippen molar-refractivity contribution in [2.75, 3.05) is 13.1 Å². The van der Waals surface area contributed by atoms with Crippen LogP contribution in [-0.2, 0) is 11.3 Å². The highest BCUT2D eigenvalue weighted by Crippen LogP contribution is 2.46. The lowest BCUT2D eigenvalue weighted by molar-refractivity contribution is -0.00496. The van der Waals surface area contributed by atoms with Crippen molar-refractivity contribution in [1.82, 2.24) is 10.5 Å². The minimum atomic E-state index is 0.308. The van der Waals surface area contributed by atoms with E-state index in [9.17, 15) is 0 Å². The summed E-state index contributed by atoms with van der Waals surface area (Å²) in [4.78, 5) is 0. The first-order valence-corrected chi connectivity index (χ1v) is 10.7. The molecule has 3 fully saturated rings. The second kappa shape index (κ2) is 7.40. The molecule has 0 bridgehead atoms. The Kier molecular flexibility index (Phi) is 4.93. The maximum absolute atomic E-state index is 6.44. The van der Waals surface area contributed by atoms with E-state index in [0.29, 0.717) is 28.7 Å². The molecule has 1 N–H and O–H groups in total. The smallest absolute Gasteiger partial charge is 0.145 e. The highest BCUT2D eigenvalue weighted by Gasteiger charge is 2.36. The SMILES string of the molecule is Clc1cccc(Cl)c1-c1noc(C2CC2)c1CO[C@@H]1CC[C@H]2CNCC2C1. The fourth-order valence-electron chi connectivity index (χ4n) is 4.66. The summed E-state index contributed by atoms with van der Waals surface area (Å²) in [6.45, 7) is 2.82. The molecule has 5 rings (SSSR count). The summed E-state index contributed by atoms with van der Waals surface area (Å²) in [7, 11) is 0. The van der Waals surface area contributed by atoms with Gasteiger partial charge in [-0.2, -0.15) is 0 Å². The molecule has 3 aliphatic rings. The molecule has 1 aromatic heterocycles. The average Bonchev–Trinajstić information content (AvgIpc) is 3.25. The van der Waals surface area contributed by atoms with Crippen molar-refractivity contribution in [3.05, 3.63) is 39.6 Å². The van der Waals surface area contributed by atoms with Gasteiger partial charge >= 0.3 is 0 Å². The molecule has 1 saturated heterocycles. The Bertz CT molecular complexity index is 813. The molecular formula is C21H24Cl2N2O2. The molecule has 1 unspecified atom stereocenters. The lowest BCUT2D eigenvalue weighted by Gasteiger charge is -2.31. The van der Waals surface area contributed by atoms with E-state index in [-0.39, 0.29) is 0 Å². The van der Waals surface area contributed by atoms with Crippen molar-refractivity contribution in [1.29, 1.82) is 0 Å². The summed E-state index contributed by atoms with van der Waals surface area (Å²) in [5.74, 6) is 3.00. The number of nitrogens with one attached hydrogen (secondary N) is 1. The highest BCUT2D eigenvalue weighted by atomic mass is 35.5. The number of halogens is 2. The molecule has 0 amide bonds. The summed E-state index contributed by atoms with van der Waals surface area (Å²) in [6, 6.07) is 5.53. The van der Waals surface area contributed by atoms with E-state index in [1.807, 2.05) is 18.2 Å². The molecule has 1 aromatic carbocycles. The van der Waals surface area contributed by atoms with Crippen LogP contribution in [0.25, 0.3) is 11.3 Å². The maximum Gasteiger partial charge on any atom is 0.145 e. The van der Waals surface area contributed by atoms with Gasteiger partial charge in [0.25, 0.3) is 0 Å². The van der Waals surface area contributed by atoms with Gasteiger partial charge < -0.3 is 14.6 Å². The number of hydrogen-bond donors (Lipinski definition) is 1. The van der Waals surface area contributed by atoms with Crippen molar-refractivity contribution >= 4 is 23.2 Å². The van der Waals surface area contributed by atoms with Gasteiger partial charge in [0.2, 0.25) is 0 Å². The maximum atomic E-state index is 6.44. The minimum absolute atomic E-state index is 0.308. The van der Waals surface area contributed by atoms with Crippen molar-refractivity contribution in [2.24, 2.45) is 11.8 Å². The van der Waals surface area contributed by atoms with Crippen LogP contribution in [0.3, 0.4) is 0 Å². The number of benzene rings is 1. The molecule has 144 valence electrons. The number of fused-ring (bicyclic) bond motifs is 1. The lowest BCUT2D eigenvalue weighted by atomic mass is 9.80. The van der Waals surface area contributed by atoms with Crippen LogP contribution in [0.5, 0.6) is 0 Å². The van der Waals surface area contributed by atoms with Gasteiger partial charge in [-0.25, -0.2) is 0 Å². The summed E-state index contributed by atoms with van der Waals surface area (Å²) >= 11 is 12.9. The zero-order valence-electron chi connectivity index (χ0n) is 15.2. The molecule has 2 aromatic rings. The van der Waals surface area contributed by atoms with Crippen LogP contribution < -0.4 is 5.32 Å². The van der Waals surface area contributed by atoms with Gasteiger partial charge in [-0.3, -0.25) is 0 Å². The summed E-state index contributed by atoms with van der Waals surface area (Å²) < 4.78 is 12.1. The predicted octanol–water partition coefficient (Wildman–Crippen LogP) is 5.43. The zero-order chi connectivity index (χ0) is 18.4. The van der Waals surface area contributed by atoms with Gasteiger partial charge in [-0.1, -0.05) is 34.4 Å². The Morgan fingerprint density at radius 3 is 2.63 bits per heavy atom. The predicted molar refractivity (Wildman–Crippen MR) is 106 cm³/mol. The van der Waals surface area contributed by atoms with Crippen molar-refractivity contribution in [3.8, 4) is 11.3 Å². The molecule has 3 atom stereocenters. The van der Waals surface area contributed by atoms with Crippen LogP contribution >= 0.6 is 23.2 Å². The number of hydrogen-bond acceptors (Lipinski definition) is 4. The second-order valence-electron chi connectivity index (χ2n) is 8.17. The number of nitrogens with zero attached hydrogens (tertiary/aromatic N) is 1. The number of rotatable bonds is 5. The quantitative estimate of drug-likeness (QED) is 0.718. The fourth-order valence-corrected chi connectivity index (χ4v) is 5.23. The molecule has 2 aliphatic carbocycles. The Hall–Kier alpha value is -1.07. The first kappa shape index (κ1) is 18.0. The zero-order valence-corrected chi connectivity index (χ0v) is 16.7. The molecule has 0 spiro atoms. The third kappa shape index (κ3) is 3.53. The number of ether oxygens (including phenoxy) is 1. The van der Waals surface area contributed by atoms with Gasteiger partial charge in [-0.05, 0) is 69.2 Å². The van der Waals surface area contributed by atoms with E-state index < -0.39 is 0 Å². The fraction of sp³-hybridized carbons (Fsp3) is 0.571. The summed E-state index contributed by atoms with van der Waals surface area (Å²) in [5, 5.41) is 9.06. The normalized spacial score (nSPS) is 27.7. The van der Waals surface area contributed by atoms with E-state index in [1.54, 1.807) is 0 Å². The van der Waals surface area contributed by atoms with Gasteiger partial charge in [0.1, 0.15) is 11.5 Å². The van der Waals surface area contributed by atoms with Crippen LogP contribution in [-0.4, -0.2) is 24.4 Å². The Balaban J connectivity index is 1.39. The molecular weight excluding hydrogens is 383 g/mol. The van der Waals surface area contributed by atoms with Gasteiger partial charge in [0, 0.05) is 17.0 Å². The molecule has 4 nitrogen and oxygen atoms in total. The summed E-state index contributed by atoms with van der Waals surface area (Å²) in [6.07, 6.45) is 6.14. The molecule has 2 saturated carbocycles.